The summed E-state index contributed by atoms with van der Waals surface area (Å²) in [6.45, 7) is 14.2. The molecule has 0 saturated carbocycles. The molecule has 2 heterocycles. The molecule has 1 saturated heterocycles. The van der Waals surface area contributed by atoms with Gasteiger partial charge in [0, 0.05) is 17.2 Å². The lowest BCUT2D eigenvalue weighted by Gasteiger charge is -2.32. The van der Waals surface area contributed by atoms with Gasteiger partial charge in [0.15, 0.2) is 0 Å². The van der Waals surface area contributed by atoms with E-state index < -0.39 is 34.9 Å². The van der Waals surface area contributed by atoms with Gasteiger partial charge >= 0.3 is 18.9 Å². The number of pyridine rings is 1. The number of rotatable bonds is 3. The predicted molar refractivity (Wildman–Crippen MR) is 101 cm³/mol. The molecular formula is C17H26BN3O6. The Morgan fingerprint density at radius 1 is 1.26 bits per heavy atom. The van der Waals surface area contributed by atoms with E-state index in [-0.39, 0.29) is 11.5 Å². The molecule has 2 rings (SSSR count). The summed E-state index contributed by atoms with van der Waals surface area (Å²) in [5.41, 5.74) is -1.50. The molecule has 0 aromatic carbocycles. The lowest BCUT2D eigenvalue weighted by Crippen LogP contribution is -2.41. The Morgan fingerprint density at radius 2 is 1.78 bits per heavy atom. The van der Waals surface area contributed by atoms with Crippen molar-refractivity contribution >= 4 is 30.2 Å². The van der Waals surface area contributed by atoms with Gasteiger partial charge in [0.1, 0.15) is 5.60 Å². The van der Waals surface area contributed by atoms with Gasteiger partial charge in [-0.1, -0.05) is 0 Å². The fraction of sp³-hybridized carbons (Fsp3) is 0.647. The average molecular weight is 379 g/mol. The third-order valence-corrected chi connectivity index (χ3v) is 4.65. The summed E-state index contributed by atoms with van der Waals surface area (Å²) >= 11 is 0. The maximum Gasteiger partial charge on any atom is 0.496 e. The molecule has 0 spiro atoms. The van der Waals surface area contributed by atoms with Crippen molar-refractivity contribution in [2.45, 2.75) is 72.2 Å². The van der Waals surface area contributed by atoms with Crippen LogP contribution < -0.4 is 10.8 Å². The lowest BCUT2D eigenvalue weighted by molar-refractivity contribution is -0.384. The summed E-state index contributed by atoms with van der Waals surface area (Å²) in [6.07, 6.45) is 0.595. The fourth-order valence-electron chi connectivity index (χ4n) is 2.53. The number of hydrogen-bond donors (Lipinski definition) is 1. The molecule has 1 aromatic heterocycles. The summed E-state index contributed by atoms with van der Waals surface area (Å²) in [7, 11) is -0.795. The molecule has 0 bridgehead atoms. The molecule has 1 amide bonds. The van der Waals surface area contributed by atoms with Crippen LogP contribution in [-0.4, -0.2) is 39.9 Å². The van der Waals surface area contributed by atoms with Crippen LogP contribution in [0.5, 0.6) is 0 Å². The largest absolute Gasteiger partial charge is 0.496 e. The summed E-state index contributed by atoms with van der Waals surface area (Å²) in [5, 5.41) is 14.0. The van der Waals surface area contributed by atoms with Crippen molar-refractivity contribution in [2.75, 3.05) is 5.32 Å². The highest BCUT2D eigenvalue weighted by atomic mass is 16.7. The minimum Gasteiger partial charge on any atom is -0.444 e. The van der Waals surface area contributed by atoms with E-state index in [1.807, 2.05) is 27.7 Å². The van der Waals surface area contributed by atoms with Gasteiger partial charge in [0.25, 0.3) is 0 Å². The number of aromatic nitrogens is 1. The van der Waals surface area contributed by atoms with Gasteiger partial charge in [-0.3, -0.25) is 15.4 Å². The Balaban J connectivity index is 2.38. The molecule has 1 aliphatic rings. The summed E-state index contributed by atoms with van der Waals surface area (Å²) in [5.74, 6) is -0.188. The van der Waals surface area contributed by atoms with E-state index in [1.165, 1.54) is 6.20 Å². The lowest BCUT2D eigenvalue weighted by atomic mass is 9.77. The Morgan fingerprint density at radius 3 is 2.22 bits per heavy atom. The smallest absolute Gasteiger partial charge is 0.444 e. The molecule has 1 aliphatic heterocycles. The quantitative estimate of drug-likeness (QED) is 0.488. The number of nitro groups is 1. The topological polar surface area (TPSA) is 113 Å². The van der Waals surface area contributed by atoms with E-state index in [1.54, 1.807) is 27.7 Å². The van der Waals surface area contributed by atoms with Gasteiger partial charge in [0.05, 0.1) is 16.1 Å². The number of amides is 1. The van der Waals surface area contributed by atoms with Crippen molar-refractivity contribution < 1.29 is 23.8 Å². The monoisotopic (exact) mass is 379 g/mol. The van der Waals surface area contributed by atoms with Crippen molar-refractivity contribution in [3.05, 3.63) is 21.9 Å². The van der Waals surface area contributed by atoms with Crippen LogP contribution >= 0.6 is 0 Å². The van der Waals surface area contributed by atoms with E-state index in [0.29, 0.717) is 11.0 Å². The van der Waals surface area contributed by atoms with Crippen LogP contribution in [-0.2, 0) is 14.0 Å². The highest BCUT2D eigenvalue weighted by Crippen LogP contribution is 2.37. The van der Waals surface area contributed by atoms with Crippen LogP contribution in [0.2, 0.25) is 0 Å². The summed E-state index contributed by atoms with van der Waals surface area (Å²) < 4.78 is 17.1. The number of nitrogens with one attached hydrogen (secondary N) is 1. The van der Waals surface area contributed by atoms with Crippen LogP contribution in [0.15, 0.2) is 6.20 Å². The van der Waals surface area contributed by atoms with Gasteiger partial charge in [0.2, 0.25) is 5.82 Å². The molecule has 27 heavy (non-hydrogen) atoms. The van der Waals surface area contributed by atoms with Crippen molar-refractivity contribution in [2.24, 2.45) is 0 Å². The summed E-state index contributed by atoms with van der Waals surface area (Å²) in [6, 6.07) is 0. The highest BCUT2D eigenvalue weighted by Gasteiger charge is 2.52. The zero-order chi connectivity index (χ0) is 20.8. The number of nitrogens with zero attached hydrogens (tertiary/aromatic N) is 2. The molecule has 0 radical (unpaired) electrons. The van der Waals surface area contributed by atoms with Crippen molar-refractivity contribution in [3.63, 3.8) is 0 Å². The van der Waals surface area contributed by atoms with Gasteiger partial charge in [-0.15, -0.1) is 0 Å². The predicted octanol–water partition coefficient (Wildman–Crippen LogP) is 2.94. The second-order valence-electron chi connectivity index (χ2n) is 8.51. The van der Waals surface area contributed by atoms with Crippen LogP contribution in [0.25, 0.3) is 0 Å². The maximum atomic E-state index is 12.0. The van der Waals surface area contributed by atoms with Crippen LogP contribution in [0.1, 0.15) is 54.0 Å². The maximum absolute atomic E-state index is 12.0. The number of carbonyl (C=O) groups excluding carboxylic acids is 1. The molecule has 1 fully saturated rings. The van der Waals surface area contributed by atoms with Gasteiger partial charge in [-0.2, -0.15) is 0 Å². The van der Waals surface area contributed by atoms with Gasteiger partial charge in [-0.25, -0.2) is 9.78 Å². The standard InChI is InChI=1S/C17H26BN3O6/c1-10-11(18-26-16(5,6)17(7,8)27-18)9-19-13(12(10)21(23)24)20-14(22)25-15(2,3)4/h9H,1-8H3,(H,19,20,22). The van der Waals surface area contributed by atoms with Crippen molar-refractivity contribution in [1.29, 1.82) is 0 Å². The molecule has 0 aliphatic carbocycles. The molecule has 10 heteroatoms. The first kappa shape index (κ1) is 21.1. The SMILES string of the molecule is Cc1c(B2OC(C)(C)C(C)(C)O2)cnc(NC(=O)OC(C)(C)C)c1[N+](=O)[O-]. The number of hydrogen-bond acceptors (Lipinski definition) is 7. The zero-order valence-electron chi connectivity index (χ0n) is 17.0. The Bertz CT molecular complexity index is 757. The number of anilines is 1. The van der Waals surface area contributed by atoms with Crippen molar-refractivity contribution in [3.8, 4) is 0 Å². The molecule has 1 aromatic rings. The first-order valence-electron chi connectivity index (χ1n) is 8.64. The first-order valence-corrected chi connectivity index (χ1v) is 8.64. The molecule has 9 nitrogen and oxygen atoms in total. The molecule has 0 unspecified atom stereocenters. The average Bonchev–Trinajstić information content (AvgIpc) is 2.64. The molecule has 1 N–H and O–H groups in total. The van der Waals surface area contributed by atoms with Crippen LogP contribution in [0.4, 0.5) is 16.3 Å². The molecule has 148 valence electrons. The van der Waals surface area contributed by atoms with Crippen LogP contribution in [0.3, 0.4) is 0 Å². The summed E-state index contributed by atoms with van der Waals surface area (Å²) in [4.78, 5) is 27.1. The molecule has 0 atom stereocenters. The minimum absolute atomic E-state index is 0.188. The first-order chi connectivity index (χ1) is 12.1. The zero-order valence-corrected chi connectivity index (χ0v) is 17.0. The highest BCUT2D eigenvalue weighted by molar-refractivity contribution is 6.62. The second kappa shape index (κ2) is 6.76. The van der Waals surface area contributed by atoms with Gasteiger partial charge in [-0.05, 0) is 55.4 Å². The van der Waals surface area contributed by atoms with E-state index in [2.05, 4.69) is 10.3 Å². The van der Waals surface area contributed by atoms with E-state index in [9.17, 15) is 14.9 Å². The van der Waals surface area contributed by atoms with E-state index >= 15 is 0 Å². The van der Waals surface area contributed by atoms with Gasteiger partial charge < -0.3 is 14.0 Å². The Labute approximate surface area is 159 Å². The third-order valence-electron chi connectivity index (χ3n) is 4.65. The minimum atomic E-state index is -0.819. The Kier molecular flexibility index (Phi) is 5.28. The number of carbonyl (C=O) groups is 1. The molecular weight excluding hydrogens is 353 g/mol. The van der Waals surface area contributed by atoms with Crippen LogP contribution in [0, 0.1) is 17.0 Å². The van der Waals surface area contributed by atoms with E-state index in [4.69, 9.17) is 14.0 Å². The van der Waals surface area contributed by atoms with E-state index in [0.717, 1.165) is 0 Å². The third kappa shape index (κ3) is 4.38. The second-order valence-corrected chi connectivity index (χ2v) is 8.51. The fourth-order valence-corrected chi connectivity index (χ4v) is 2.53. The Hall–Kier alpha value is -2.20. The number of ether oxygens (including phenoxy) is 1. The van der Waals surface area contributed by atoms with Crippen molar-refractivity contribution in [1.82, 2.24) is 4.98 Å². The normalized spacial score (nSPS) is 18.3.